The number of nitrogens with zero attached hydrogens (tertiary/aromatic N) is 1. The zero-order valence-corrected chi connectivity index (χ0v) is 9.41. The van der Waals surface area contributed by atoms with Crippen LogP contribution in [0.5, 0.6) is 0 Å². The van der Waals surface area contributed by atoms with Crippen molar-refractivity contribution < 1.29 is 0 Å². The molecule has 4 nitrogen and oxygen atoms in total. The van der Waals surface area contributed by atoms with Gasteiger partial charge in [0.25, 0.3) is 0 Å². The minimum absolute atomic E-state index is 0.153. The maximum absolute atomic E-state index is 5.44. The second kappa shape index (κ2) is 4.31. The Kier molecular flexibility index (Phi) is 3.31. The predicted octanol–water partition coefficient (Wildman–Crippen LogP) is 1.39. The van der Waals surface area contributed by atoms with Crippen LogP contribution in [0.1, 0.15) is 26.3 Å². The van der Waals surface area contributed by atoms with Crippen molar-refractivity contribution in [1.29, 1.82) is 0 Å². The molecule has 0 radical (unpaired) electrons. The van der Waals surface area contributed by atoms with Crippen molar-refractivity contribution in [2.75, 3.05) is 0 Å². The number of nitrogens with two attached hydrogens (primary N) is 2. The maximum atomic E-state index is 5.44. The molecule has 4 heteroatoms. The second-order valence-corrected chi connectivity index (χ2v) is 4.44. The van der Waals surface area contributed by atoms with Gasteiger partial charge in [0, 0.05) is 0 Å². The highest BCUT2D eigenvalue weighted by Gasteiger charge is 2.12. The van der Waals surface area contributed by atoms with Crippen LogP contribution in [-0.4, -0.2) is 5.96 Å². The number of hydrogen-bond donors (Lipinski definition) is 3. The zero-order chi connectivity index (χ0) is 11.5. The molecule has 1 aromatic rings. The summed E-state index contributed by atoms with van der Waals surface area (Å²) in [6.45, 7) is 6.50. The van der Waals surface area contributed by atoms with E-state index in [-0.39, 0.29) is 11.4 Å². The van der Waals surface area contributed by atoms with E-state index in [4.69, 9.17) is 11.6 Å². The standard InChI is InChI=1S/C11H18N4/c1-11(2,3)8-4-6-9(7-5-8)14-10(12)15-13/h4-7H,13H2,1-3H3,(H3,12,14,15). The largest absolute Gasteiger partial charge is 0.369 e. The monoisotopic (exact) mass is 206 g/mol. The minimum Gasteiger partial charge on any atom is -0.369 e. The fraction of sp³-hybridized carbons (Fsp3) is 0.364. The summed E-state index contributed by atoms with van der Waals surface area (Å²) >= 11 is 0. The lowest BCUT2D eigenvalue weighted by atomic mass is 9.87. The molecule has 0 aliphatic rings. The topological polar surface area (TPSA) is 76.4 Å². The summed E-state index contributed by atoms with van der Waals surface area (Å²) in [6.07, 6.45) is 0. The lowest BCUT2D eigenvalue weighted by molar-refractivity contribution is 0.590. The third kappa shape index (κ3) is 3.25. The first-order valence-corrected chi connectivity index (χ1v) is 4.85. The first-order valence-electron chi connectivity index (χ1n) is 4.85. The molecule has 15 heavy (non-hydrogen) atoms. The van der Waals surface area contributed by atoms with Gasteiger partial charge in [-0.05, 0) is 23.1 Å². The number of hydrazine groups is 1. The Labute approximate surface area is 90.4 Å². The lowest BCUT2D eigenvalue weighted by Gasteiger charge is -2.18. The molecule has 0 spiro atoms. The first kappa shape index (κ1) is 11.5. The van der Waals surface area contributed by atoms with E-state index >= 15 is 0 Å². The molecule has 0 fully saturated rings. The lowest BCUT2D eigenvalue weighted by Crippen LogP contribution is -2.36. The maximum Gasteiger partial charge on any atom is 0.208 e. The Bertz CT molecular complexity index is 346. The molecule has 1 rings (SSSR count). The Morgan fingerprint density at radius 3 is 2.13 bits per heavy atom. The van der Waals surface area contributed by atoms with Gasteiger partial charge in [-0.1, -0.05) is 32.9 Å². The number of hydrogen-bond acceptors (Lipinski definition) is 2. The summed E-state index contributed by atoms with van der Waals surface area (Å²) in [5.41, 5.74) is 9.94. The molecule has 0 aliphatic heterocycles. The average molecular weight is 206 g/mol. The summed E-state index contributed by atoms with van der Waals surface area (Å²) in [4.78, 5) is 4.06. The zero-order valence-electron chi connectivity index (χ0n) is 9.41. The van der Waals surface area contributed by atoms with Crippen molar-refractivity contribution in [3.8, 4) is 0 Å². The van der Waals surface area contributed by atoms with Crippen molar-refractivity contribution in [2.45, 2.75) is 26.2 Å². The van der Waals surface area contributed by atoms with E-state index < -0.39 is 0 Å². The van der Waals surface area contributed by atoms with Gasteiger partial charge in [0.2, 0.25) is 5.96 Å². The van der Waals surface area contributed by atoms with Crippen LogP contribution in [0.15, 0.2) is 29.3 Å². The van der Waals surface area contributed by atoms with E-state index in [2.05, 4.69) is 31.2 Å². The molecule has 0 bridgehead atoms. The highest BCUT2D eigenvalue weighted by atomic mass is 15.3. The fourth-order valence-electron chi connectivity index (χ4n) is 1.21. The van der Waals surface area contributed by atoms with Crippen LogP contribution in [0.3, 0.4) is 0 Å². The number of rotatable bonds is 1. The summed E-state index contributed by atoms with van der Waals surface area (Å²) in [7, 11) is 0. The fourth-order valence-corrected chi connectivity index (χ4v) is 1.21. The van der Waals surface area contributed by atoms with E-state index in [9.17, 15) is 0 Å². The van der Waals surface area contributed by atoms with Gasteiger partial charge in [-0.3, -0.25) is 5.43 Å². The molecule has 0 atom stereocenters. The van der Waals surface area contributed by atoms with Crippen LogP contribution >= 0.6 is 0 Å². The molecular weight excluding hydrogens is 188 g/mol. The first-order chi connectivity index (χ1) is 6.93. The smallest absolute Gasteiger partial charge is 0.208 e. The number of aliphatic imine (C=N–C) groups is 1. The number of benzene rings is 1. The van der Waals surface area contributed by atoms with Crippen molar-refractivity contribution in [1.82, 2.24) is 5.43 Å². The van der Waals surface area contributed by atoms with Crippen LogP contribution in [0.2, 0.25) is 0 Å². The average Bonchev–Trinajstić information content (AvgIpc) is 2.17. The SMILES string of the molecule is CC(C)(C)c1ccc(N=C(N)NN)cc1. The number of nitrogens with one attached hydrogen (secondary N) is 1. The van der Waals surface area contributed by atoms with Crippen molar-refractivity contribution in [3.63, 3.8) is 0 Å². The second-order valence-electron chi connectivity index (χ2n) is 4.44. The van der Waals surface area contributed by atoms with Gasteiger partial charge in [-0.25, -0.2) is 10.8 Å². The van der Waals surface area contributed by atoms with Crippen LogP contribution in [0.4, 0.5) is 5.69 Å². The van der Waals surface area contributed by atoms with Crippen molar-refractivity contribution >= 4 is 11.6 Å². The van der Waals surface area contributed by atoms with E-state index in [0.717, 1.165) is 5.69 Å². The normalized spacial score (nSPS) is 12.7. The van der Waals surface area contributed by atoms with Crippen LogP contribution in [0, 0.1) is 0 Å². The Balaban J connectivity index is 2.91. The van der Waals surface area contributed by atoms with Crippen molar-refractivity contribution in [3.05, 3.63) is 29.8 Å². The minimum atomic E-state index is 0.153. The van der Waals surface area contributed by atoms with Gasteiger partial charge in [-0.2, -0.15) is 0 Å². The Morgan fingerprint density at radius 1 is 1.20 bits per heavy atom. The van der Waals surface area contributed by atoms with Gasteiger partial charge in [0.05, 0.1) is 5.69 Å². The summed E-state index contributed by atoms with van der Waals surface area (Å²) in [5, 5.41) is 0. The quantitative estimate of drug-likeness (QED) is 0.281. The van der Waals surface area contributed by atoms with Gasteiger partial charge in [0.15, 0.2) is 0 Å². The third-order valence-corrected chi connectivity index (χ3v) is 2.13. The molecule has 1 aromatic carbocycles. The molecule has 82 valence electrons. The predicted molar refractivity (Wildman–Crippen MR) is 63.7 cm³/mol. The molecule has 0 unspecified atom stereocenters. The highest BCUT2D eigenvalue weighted by molar-refractivity contribution is 5.80. The molecule has 5 N–H and O–H groups in total. The summed E-state index contributed by atoms with van der Waals surface area (Å²) in [5.74, 6) is 5.32. The van der Waals surface area contributed by atoms with Crippen LogP contribution in [0.25, 0.3) is 0 Å². The van der Waals surface area contributed by atoms with E-state index in [0.29, 0.717) is 0 Å². The summed E-state index contributed by atoms with van der Waals surface area (Å²) in [6, 6.07) is 7.93. The van der Waals surface area contributed by atoms with Gasteiger partial charge >= 0.3 is 0 Å². The Morgan fingerprint density at radius 2 is 1.73 bits per heavy atom. The molecule has 0 amide bonds. The Hall–Kier alpha value is -1.55. The van der Waals surface area contributed by atoms with E-state index in [1.54, 1.807) is 0 Å². The van der Waals surface area contributed by atoms with Crippen molar-refractivity contribution in [2.24, 2.45) is 16.6 Å². The van der Waals surface area contributed by atoms with Gasteiger partial charge in [0.1, 0.15) is 0 Å². The molecular formula is C11H18N4. The van der Waals surface area contributed by atoms with Crippen LogP contribution in [-0.2, 0) is 5.41 Å². The van der Waals surface area contributed by atoms with Crippen LogP contribution < -0.4 is 17.0 Å². The molecule has 0 saturated carbocycles. The molecule has 0 aliphatic carbocycles. The third-order valence-electron chi connectivity index (χ3n) is 2.13. The van der Waals surface area contributed by atoms with Gasteiger partial charge < -0.3 is 5.73 Å². The number of guanidine groups is 1. The summed E-state index contributed by atoms with van der Waals surface area (Å²) < 4.78 is 0. The van der Waals surface area contributed by atoms with E-state index in [1.165, 1.54) is 5.56 Å². The van der Waals surface area contributed by atoms with E-state index in [1.807, 2.05) is 24.3 Å². The van der Waals surface area contributed by atoms with Gasteiger partial charge in [-0.15, -0.1) is 0 Å². The highest BCUT2D eigenvalue weighted by Crippen LogP contribution is 2.24. The molecule has 0 saturated heterocycles. The molecule has 0 aromatic heterocycles. The molecule has 0 heterocycles.